The van der Waals surface area contributed by atoms with E-state index in [4.69, 9.17) is 0 Å². The third-order valence-corrected chi connectivity index (χ3v) is 3.05. The Hall–Kier alpha value is -2.18. The van der Waals surface area contributed by atoms with Crippen LogP contribution < -0.4 is 10.1 Å². The summed E-state index contributed by atoms with van der Waals surface area (Å²) in [5.74, 6) is -1.31. The lowest BCUT2D eigenvalue weighted by molar-refractivity contribution is -0.0521. The van der Waals surface area contributed by atoms with Crippen LogP contribution in [0.2, 0.25) is 0 Å². The monoisotopic (exact) mass is 299 g/mol. The predicted octanol–water partition coefficient (Wildman–Crippen LogP) is 3.64. The van der Waals surface area contributed by atoms with Gasteiger partial charge in [0.15, 0.2) is 11.6 Å². The normalized spacial score (nSPS) is 12.5. The van der Waals surface area contributed by atoms with Crippen molar-refractivity contribution < 1.29 is 17.9 Å². The quantitative estimate of drug-likeness (QED) is 0.916. The van der Waals surface area contributed by atoms with Gasteiger partial charge in [-0.2, -0.15) is 13.9 Å². The smallest absolute Gasteiger partial charge is 0.387 e. The summed E-state index contributed by atoms with van der Waals surface area (Å²) >= 11 is 0. The first kappa shape index (κ1) is 15.2. The van der Waals surface area contributed by atoms with Crippen LogP contribution in [-0.4, -0.2) is 16.4 Å². The van der Waals surface area contributed by atoms with Gasteiger partial charge in [0.1, 0.15) is 0 Å². The summed E-state index contributed by atoms with van der Waals surface area (Å²) in [7, 11) is 1.82. The molecule has 0 saturated heterocycles. The number of hydrogen-bond donors (Lipinski definition) is 1. The minimum Gasteiger partial charge on any atom is -0.432 e. The Kier molecular flexibility index (Phi) is 4.40. The number of hydrogen-bond acceptors (Lipinski definition) is 3. The van der Waals surface area contributed by atoms with Crippen LogP contribution in [0.5, 0.6) is 5.75 Å². The molecule has 21 heavy (non-hydrogen) atoms. The van der Waals surface area contributed by atoms with Gasteiger partial charge in [-0.25, -0.2) is 4.39 Å². The van der Waals surface area contributed by atoms with Crippen LogP contribution in [0.4, 0.5) is 18.9 Å². The van der Waals surface area contributed by atoms with Crippen LogP contribution in [0.1, 0.15) is 24.2 Å². The molecule has 0 aliphatic carbocycles. The molecule has 1 N–H and O–H groups in total. The first-order chi connectivity index (χ1) is 9.86. The lowest BCUT2D eigenvalue weighted by atomic mass is 10.1. The van der Waals surface area contributed by atoms with Crippen molar-refractivity contribution in [3.05, 3.63) is 41.5 Å². The number of nitrogens with zero attached hydrogens (tertiary/aromatic N) is 2. The SMILES string of the molecule is Cc1nn(C)cc1C(C)Nc1ccc(OC(F)F)c(F)c1. The topological polar surface area (TPSA) is 39.1 Å². The van der Waals surface area contributed by atoms with Crippen LogP contribution in [0.3, 0.4) is 0 Å². The van der Waals surface area contributed by atoms with Gasteiger partial charge < -0.3 is 10.1 Å². The van der Waals surface area contributed by atoms with Crippen molar-refractivity contribution in [2.24, 2.45) is 7.05 Å². The molecule has 0 bridgehead atoms. The molecule has 4 nitrogen and oxygen atoms in total. The zero-order chi connectivity index (χ0) is 15.6. The van der Waals surface area contributed by atoms with E-state index in [0.717, 1.165) is 17.3 Å². The lowest BCUT2D eigenvalue weighted by Gasteiger charge is -2.15. The van der Waals surface area contributed by atoms with Crippen molar-refractivity contribution in [2.45, 2.75) is 26.5 Å². The van der Waals surface area contributed by atoms with Gasteiger partial charge in [0.2, 0.25) is 0 Å². The van der Waals surface area contributed by atoms with Gasteiger partial charge >= 0.3 is 6.61 Å². The highest BCUT2D eigenvalue weighted by atomic mass is 19.3. The number of benzene rings is 1. The zero-order valence-electron chi connectivity index (χ0n) is 11.9. The highest BCUT2D eigenvalue weighted by Gasteiger charge is 2.14. The van der Waals surface area contributed by atoms with Crippen molar-refractivity contribution in [1.29, 1.82) is 0 Å². The average molecular weight is 299 g/mol. The molecule has 0 saturated carbocycles. The molecule has 0 radical (unpaired) electrons. The van der Waals surface area contributed by atoms with Crippen molar-refractivity contribution in [3.63, 3.8) is 0 Å². The van der Waals surface area contributed by atoms with E-state index in [1.807, 2.05) is 27.1 Å². The molecule has 114 valence electrons. The van der Waals surface area contributed by atoms with E-state index in [2.05, 4.69) is 15.2 Å². The third kappa shape index (κ3) is 3.68. The zero-order valence-corrected chi connectivity index (χ0v) is 11.9. The first-order valence-corrected chi connectivity index (χ1v) is 6.38. The molecular weight excluding hydrogens is 283 g/mol. The summed E-state index contributed by atoms with van der Waals surface area (Å²) in [6, 6.07) is 3.69. The van der Waals surface area contributed by atoms with E-state index in [9.17, 15) is 13.2 Å². The molecule has 0 amide bonds. The van der Waals surface area contributed by atoms with Gasteiger partial charge in [-0.05, 0) is 26.0 Å². The van der Waals surface area contributed by atoms with Crippen LogP contribution >= 0.6 is 0 Å². The Morgan fingerprint density at radius 2 is 2.05 bits per heavy atom. The van der Waals surface area contributed by atoms with Crippen molar-refractivity contribution >= 4 is 5.69 Å². The number of alkyl halides is 2. The number of aromatic nitrogens is 2. The molecule has 1 atom stereocenters. The van der Waals surface area contributed by atoms with E-state index in [1.165, 1.54) is 12.1 Å². The summed E-state index contributed by atoms with van der Waals surface area (Å²) in [6.45, 7) is 0.745. The molecular formula is C14H16F3N3O. The number of aryl methyl sites for hydroxylation is 2. The second kappa shape index (κ2) is 6.07. The van der Waals surface area contributed by atoms with E-state index < -0.39 is 18.2 Å². The van der Waals surface area contributed by atoms with Crippen LogP contribution in [-0.2, 0) is 7.05 Å². The molecule has 1 heterocycles. The van der Waals surface area contributed by atoms with Gasteiger partial charge in [0, 0.05) is 30.6 Å². The number of nitrogens with one attached hydrogen (secondary N) is 1. The maximum absolute atomic E-state index is 13.6. The maximum Gasteiger partial charge on any atom is 0.387 e. The van der Waals surface area contributed by atoms with Crippen LogP contribution in [0.15, 0.2) is 24.4 Å². The molecule has 1 aromatic heterocycles. The number of ether oxygens (including phenoxy) is 1. The Balaban J connectivity index is 2.13. The fraction of sp³-hybridized carbons (Fsp3) is 0.357. The molecule has 0 spiro atoms. The molecule has 1 aromatic carbocycles. The summed E-state index contributed by atoms with van der Waals surface area (Å²) < 4.78 is 43.5. The fourth-order valence-corrected chi connectivity index (χ4v) is 2.15. The van der Waals surface area contributed by atoms with Crippen molar-refractivity contribution in [2.75, 3.05) is 5.32 Å². The minimum absolute atomic E-state index is 0.0973. The van der Waals surface area contributed by atoms with Gasteiger partial charge in [0.25, 0.3) is 0 Å². The van der Waals surface area contributed by atoms with E-state index in [1.54, 1.807) is 4.68 Å². The van der Waals surface area contributed by atoms with Crippen LogP contribution in [0, 0.1) is 12.7 Å². The van der Waals surface area contributed by atoms with E-state index in [0.29, 0.717) is 5.69 Å². The first-order valence-electron chi connectivity index (χ1n) is 6.38. The molecule has 0 fully saturated rings. The Labute approximate surface area is 120 Å². The van der Waals surface area contributed by atoms with E-state index in [-0.39, 0.29) is 6.04 Å². The molecule has 2 aromatic rings. The summed E-state index contributed by atoms with van der Waals surface area (Å²) in [6.07, 6.45) is 1.87. The van der Waals surface area contributed by atoms with Crippen molar-refractivity contribution in [1.82, 2.24) is 9.78 Å². The summed E-state index contributed by atoms with van der Waals surface area (Å²) in [4.78, 5) is 0. The Morgan fingerprint density at radius 1 is 1.33 bits per heavy atom. The number of anilines is 1. The fourth-order valence-electron chi connectivity index (χ4n) is 2.15. The second-order valence-electron chi connectivity index (χ2n) is 4.73. The summed E-state index contributed by atoms with van der Waals surface area (Å²) in [5, 5.41) is 7.33. The van der Waals surface area contributed by atoms with Gasteiger partial charge in [0.05, 0.1) is 11.7 Å². The maximum atomic E-state index is 13.6. The second-order valence-corrected chi connectivity index (χ2v) is 4.73. The highest BCUT2D eigenvalue weighted by Crippen LogP contribution is 2.26. The largest absolute Gasteiger partial charge is 0.432 e. The highest BCUT2D eigenvalue weighted by molar-refractivity contribution is 5.49. The van der Waals surface area contributed by atoms with Gasteiger partial charge in [-0.3, -0.25) is 4.68 Å². The van der Waals surface area contributed by atoms with Crippen molar-refractivity contribution in [3.8, 4) is 5.75 Å². The third-order valence-electron chi connectivity index (χ3n) is 3.05. The van der Waals surface area contributed by atoms with Gasteiger partial charge in [-0.1, -0.05) is 0 Å². The molecule has 7 heteroatoms. The number of halogens is 3. The Bertz CT molecular complexity index is 628. The standard InChI is InChI=1S/C14H16F3N3O/c1-8(11-7-20(3)19-9(11)2)18-10-4-5-13(12(15)6-10)21-14(16)17/h4-8,14,18H,1-3H3. The molecule has 2 rings (SSSR count). The summed E-state index contributed by atoms with van der Waals surface area (Å²) in [5.41, 5.74) is 2.33. The van der Waals surface area contributed by atoms with Crippen LogP contribution in [0.25, 0.3) is 0 Å². The Morgan fingerprint density at radius 3 is 2.57 bits per heavy atom. The molecule has 0 aliphatic heterocycles. The average Bonchev–Trinajstić information content (AvgIpc) is 2.71. The predicted molar refractivity (Wildman–Crippen MR) is 73.0 cm³/mol. The number of rotatable bonds is 5. The molecule has 0 aliphatic rings. The van der Waals surface area contributed by atoms with E-state index >= 15 is 0 Å². The minimum atomic E-state index is -3.05. The lowest BCUT2D eigenvalue weighted by Crippen LogP contribution is -2.08. The molecule has 1 unspecified atom stereocenters. The van der Waals surface area contributed by atoms with Gasteiger partial charge in [-0.15, -0.1) is 0 Å².